The summed E-state index contributed by atoms with van der Waals surface area (Å²) in [5, 5.41) is 2.91. The molecule has 98 valence electrons. The zero-order chi connectivity index (χ0) is 13.1. The summed E-state index contributed by atoms with van der Waals surface area (Å²) >= 11 is 3.39. The SMILES string of the molecule is CCC1C(=O)NCCN1Cc1ccc(Br)c(N)c1. The number of nitrogens with zero attached hydrogens (tertiary/aromatic N) is 1. The van der Waals surface area contributed by atoms with Crippen molar-refractivity contribution < 1.29 is 4.79 Å². The number of benzene rings is 1. The summed E-state index contributed by atoms with van der Waals surface area (Å²) in [6, 6.07) is 5.93. The van der Waals surface area contributed by atoms with Crippen LogP contribution < -0.4 is 11.1 Å². The van der Waals surface area contributed by atoms with Crippen molar-refractivity contribution in [2.75, 3.05) is 18.8 Å². The first-order valence-electron chi connectivity index (χ1n) is 6.17. The lowest BCUT2D eigenvalue weighted by atomic mass is 10.1. The molecule has 0 spiro atoms. The Labute approximate surface area is 116 Å². The highest BCUT2D eigenvalue weighted by molar-refractivity contribution is 9.10. The second-order valence-corrected chi connectivity index (χ2v) is 5.40. The van der Waals surface area contributed by atoms with E-state index < -0.39 is 0 Å². The van der Waals surface area contributed by atoms with Crippen LogP contribution in [0.15, 0.2) is 22.7 Å². The molecule has 0 aromatic heterocycles. The predicted octanol–water partition coefficient (Wildman–Crippen LogP) is 1.74. The van der Waals surface area contributed by atoms with E-state index in [-0.39, 0.29) is 11.9 Å². The van der Waals surface area contributed by atoms with Crippen LogP contribution in [0.1, 0.15) is 18.9 Å². The van der Waals surface area contributed by atoms with Crippen LogP contribution >= 0.6 is 15.9 Å². The largest absolute Gasteiger partial charge is 0.398 e. The lowest BCUT2D eigenvalue weighted by Crippen LogP contribution is -2.54. The van der Waals surface area contributed by atoms with E-state index in [9.17, 15) is 4.79 Å². The van der Waals surface area contributed by atoms with Gasteiger partial charge in [-0.15, -0.1) is 0 Å². The molecule has 1 aliphatic rings. The van der Waals surface area contributed by atoms with Gasteiger partial charge in [0.15, 0.2) is 0 Å². The van der Waals surface area contributed by atoms with E-state index in [1.54, 1.807) is 0 Å². The topological polar surface area (TPSA) is 58.4 Å². The minimum absolute atomic E-state index is 0.0244. The van der Waals surface area contributed by atoms with E-state index in [1.165, 1.54) is 0 Å². The Morgan fingerprint density at radius 3 is 3.00 bits per heavy atom. The van der Waals surface area contributed by atoms with Gasteiger partial charge >= 0.3 is 0 Å². The van der Waals surface area contributed by atoms with E-state index >= 15 is 0 Å². The maximum absolute atomic E-state index is 11.8. The van der Waals surface area contributed by atoms with Gasteiger partial charge in [-0.3, -0.25) is 9.69 Å². The summed E-state index contributed by atoms with van der Waals surface area (Å²) in [6.45, 7) is 4.42. The number of carbonyl (C=O) groups excluding carboxylic acids is 1. The van der Waals surface area contributed by atoms with Crippen molar-refractivity contribution in [3.05, 3.63) is 28.2 Å². The lowest BCUT2D eigenvalue weighted by molar-refractivity contribution is -0.129. The van der Waals surface area contributed by atoms with Gasteiger partial charge in [0.25, 0.3) is 0 Å². The number of hydrogen-bond acceptors (Lipinski definition) is 3. The smallest absolute Gasteiger partial charge is 0.237 e. The van der Waals surface area contributed by atoms with Crippen LogP contribution in [0.2, 0.25) is 0 Å². The number of halogens is 1. The van der Waals surface area contributed by atoms with Crippen molar-refractivity contribution in [1.29, 1.82) is 0 Å². The summed E-state index contributed by atoms with van der Waals surface area (Å²) in [6.07, 6.45) is 0.831. The van der Waals surface area contributed by atoms with Gasteiger partial charge in [-0.05, 0) is 40.0 Å². The Balaban J connectivity index is 2.11. The third-order valence-electron chi connectivity index (χ3n) is 3.27. The van der Waals surface area contributed by atoms with Crippen molar-refractivity contribution in [2.24, 2.45) is 0 Å². The molecule has 1 heterocycles. The number of nitrogen functional groups attached to an aromatic ring is 1. The van der Waals surface area contributed by atoms with Crippen LogP contribution in [-0.2, 0) is 11.3 Å². The van der Waals surface area contributed by atoms with Gasteiger partial charge in [0.2, 0.25) is 5.91 Å². The molecule has 4 nitrogen and oxygen atoms in total. The molecular weight excluding hydrogens is 294 g/mol. The molecule has 1 amide bonds. The Morgan fingerprint density at radius 1 is 1.56 bits per heavy atom. The van der Waals surface area contributed by atoms with Gasteiger partial charge < -0.3 is 11.1 Å². The van der Waals surface area contributed by atoms with Crippen molar-refractivity contribution in [2.45, 2.75) is 25.9 Å². The number of nitrogens with one attached hydrogen (secondary N) is 1. The molecule has 1 aliphatic heterocycles. The quantitative estimate of drug-likeness (QED) is 0.836. The first kappa shape index (κ1) is 13.4. The van der Waals surface area contributed by atoms with Gasteiger partial charge in [0.05, 0.1) is 6.04 Å². The van der Waals surface area contributed by atoms with Crippen molar-refractivity contribution in [1.82, 2.24) is 10.2 Å². The fourth-order valence-corrected chi connectivity index (χ4v) is 2.57. The molecule has 1 atom stereocenters. The average Bonchev–Trinajstić information content (AvgIpc) is 2.34. The van der Waals surface area contributed by atoms with Gasteiger partial charge in [-0.2, -0.15) is 0 Å². The van der Waals surface area contributed by atoms with Crippen molar-refractivity contribution >= 4 is 27.5 Å². The number of amides is 1. The second kappa shape index (κ2) is 5.71. The first-order chi connectivity index (χ1) is 8.61. The summed E-state index contributed by atoms with van der Waals surface area (Å²) in [7, 11) is 0. The second-order valence-electron chi connectivity index (χ2n) is 4.54. The summed E-state index contributed by atoms with van der Waals surface area (Å²) in [5.74, 6) is 0.133. The molecule has 2 rings (SSSR count). The Kier molecular flexibility index (Phi) is 4.24. The fraction of sp³-hybridized carbons (Fsp3) is 0.462. The lowest BCUT2D eigenvalue weighted by Gasteiger charge is -2.34. The van der Waals surface area contributed by atoms with Gasteiger partial charge in [-0.25, -0.2) is 0 Å². The molecule has 0 bridgehead atoms. The van der Waals surface area contributed by atoms with E-state index in [0.717, 1.165) is 41.8 Å². The molecule has 5 heteroatoms. The zero-order valence-electron chi connectivity index (χ0n) is 10.4. The highest BCUT2D eigenvalue weighted by atomic mass is 79.9. The third-order valence-corrected chi connectivity index (χ3v) is 4.00. The highest BCUT2D eigenvalue weighted by Crippen LogP contribution is 2.22. The predicted molar refractivity (Wildman–Crippen MR) is 76.1 cm³/mol. The molecule has 0 aliphatic carbocycles. The molecule has 3 N–H and O–H groups in total. The minimum Gasteiger partial charge on any atom is -0.398 e. The maximum Gasteiger partial charge on any atom is 0.237 e. The Bertz CT molecular complexity index is 450. The number of nitrogens with two attached hydrogens (primary N) is 1. The molecule has 1 saturated heterocycles. The van der Waals surface area contributed by atoms with E-state index in [4.69, 9.17) is 5.73 Å². The van der Waals surface area contributed by atoms with Gasteiger partial charge in [0, 0.05) is 29.8 Å². The number of piperazine rings is 1. The Morgan fingerprint density at radius 2 is 2.33 bits per heavy atom. The first-order valence-corrected chi connectivity index (χ1v) is 6.96. The maximum atomic E-state index is 11.8. The molecule has 1 unspecified atom stereocenters. The van der Waals surface area contributed by atoms with Crippen molar-refractivity contribution in [3.63, 3.8) is 0 Å². The van der Waals surface area contributed by atoms with E-state index in [2.05, 4.69) is 26.1 Å². The van der Waals surface area contributed by atoms with E-state index in [1.807, 2.05) is 25.1 Å². The zero-order valence-corrected chi connectivity index (χ0v) is 12.0. The molecule has 1 fully saturated rings. The number of anilines is 1. The third kappa shape index (κ3) is 2.84. The molecule has 18 heavy (non-hydrogen) atoms. The van der Waals surface area contributed by atoms with Crippen molar-refractivity contribution in [3.8, 4) is 0 Å². The molecule has 0 saturated carbocycles. The minimum atomic E-state index is -0.0244. The summed E-state index contributed by atoms with van der Waals surface area (Å²) in [5.41, 5.74) is 7.76. The number of hydrogen-bond donors (Lipinski definition) is 2. The normalized spacial score (nSPS) is 20.8. The van der Waals surface area contributed by atoms with E-state index in [0.29, 0.717) is 0 Å². The van der Waals surface area contributed by atoms with Crippen LogP contribution in [0.3, 0.4) is 0 Å². The highest BCUT2D eigenvalue weighted by Gasteiger charge is 2.27. The fourth-order valence-electron chi connectivity index (χ4n) is 2.32. The van der Waals surface area contributed by atoms with Crippen LogP contribution in [0.4, 0.5) is 5.69 Å². The van der Waals surface area contributed by atoms with Crippen LogP contribution in [0.25, 0.3) is 0 Å². The summed E-state index contributed by atoms with van der Waals surface area (Å²) < 4.78 is 0.912. The molecule has 1 aromatic carbocycles. The summed E-state index contributed by atoms with van der Waals surface area (Å²) in [4.78, 5) is 14.0. The Hall–Kier alpha value is -1.07. The number of carbonyl (C=O) groups is 1. The van der Waals surface area contributed by atoms with Crippen LogP contribution in [-0.4, -0.2) is 29.9 Å². The number of rotatable bonds is 3. The monoisotopic (exact) mass is 311 g/mol. The van der Waals surface area contributed by atoms with Crippen LogP contribution in [0.5, 0.6) is 0 Å². The average molecular weight is 312 g/mol. The van der Waals surface area contributed by atoms with Crippen LogP contribution in [0, 0.1) is 0 Å². The van der Waals surface area contributed by atoms with Gasteiger partial charge in [0.1, 0.15) is 0 Å². The van der Waals surface area contributed by atoms with Gasteiger partial charge in [-0.1, -0.05) is 13.0 Å². The molecular formula is C13H18BrN3O. The molecule has 0 radical (unpaired) electrons. The molecule has 1 aromatic rings. The standard InChI is InChI=1S/C13H18BrN3O/c1-2-12-13(18)16-5-6-17(12)8-9-3-4-10(14)11(15)7-9/h3-4,7,12H,2,5-6,8,15H2,1H3,(H,16,18).